The second-order valence-electron chi connectivity index (χ2n) is 2.74. The van der Waals surface area contributed by atoms with Crippen LogP contribution < -0.4 is 0 Å². The summed E-state index contributed by atoms with van der Waals surface area (Å²) in [6, 6.07) is 13.4. The standard InChI is InChI=1S/C11H10O/c12-8-9-5-6-10-3-1-2-4-11(10)7-9/h1-7,12H,8H2/i8D/t8-/m1/s1. The summed E-state index contributed by atoms with van der Waals surface area (Å²) < 4.78 is 7.15. The fraction of sp³-hybridized carbons (Fsp3) is 0.0909. The third kappa shape index (κ3) is 1.19. The van der Waals surface area contributed by atoms with E-state index in [0.29, 0.717) is 5.56 Å². The average Bonchev–Trinajstić information content (AvgIpc) is 2.17. The molecule has 0 fully saturated rings. The molecule has 0 aliphatic heterocycles. The summed E-state index contributed by atoms with van der Waals surface area (Å²) in [7, 11) is 0. The Balaban J connectivity index is 2.62. The van der Waals surface area contributed by atoms with Crippen molar-refractivity contribution in [2.45, 2.75) is 6.58 Å². The topological polar surface area (TPSA) is 20.2 Å². The van der Waals surface area contributed by atoms with Gasteiger partial charge in [-0.1, -0.05) is 36.4 Å². The second-order valence-corrected chi connectivity index (χ2v) is 2.74. The van der Waals surface area contributed by atoms with Crippen LogP contribution in [0.4, 0.5) is 0 Å². The molecule has 0 aliphatic carbocycles. The number of hydrogen-bond acceptors (Lipinski definition) is 1. The predicted octanol–water partition coefficient (Wildman–Crippen LogP) is 2.33. The molecular weight excluding hydrogens is 148 g/mol. The Morgan fingerprint density at radius 3 is 2.58 bits per heavy atom. The quantitative estimate of drug-likeness (QED) is 0.677. The zero-order chi connectivity index (χ0) is 9.26. The molecule has 0 bridgehead atoms. The number of fused-ring (bicyclic) bond motifs is 1. The van der Waals surface area contributed by atoms with Gasteiger partial charge in [-0.2, -0.15) is 0 Å². The Kier molecular flexibility index (Phi) is 1.53. The lowest BCUT2D eigenvalue weighted by molar-refractivity contribution is 0.282. The minimum absolute atomic E-state index is 0.638. The number of hydrogen-bond donors (Lipinski definition) is 1. The number of benzene rings is 2. The molecule has 2 aromatic rings. The van der Waals surface area contributed by atoms with Crippen molar-refractivity contribution in [2.24, 2.45) is 0 Å². The highest BCUT2D eigenvalue weighted by molar-refractivity contribution is 5.82. The lowest BCUT2D eigenvalue weighted by Gasteiger charge is -1.99. The zero-order valence-electron chi connectivity index (χ0n) is 7.57. The fourth-order valence-corrected chi connectivity index (χ4v) is 1.29. The minimum Gasteiger partial charge on any atom is -0.392 e. The third-order valence-electron chi connectivity index (χ3n) is 1.92. The van der Waals surface area contributed by atoms with E-state index in [4.69, 9.17) is 6.48 Å². The van der Waals surface area contributed by atoms with E-state index in [9.17, 15) is 0 Å². The summed E-state index contributed by atoms with van der Waals surface area (Å²) in [6.45, 7) is -1.13. The van der Waals surface area contributed by atoms with Crippen molar-refractivity contribution in [2.75, 3.05) is 0 Å². The molecule has 0 aromatic heterocycles. The van der Waals surface area contributed by atoms with Gasteiger partial charge in [0.15, 0.2) is 0 Å². The first kappa shape index (κ1) is 6.21. The molecule has 2 rings (SSSR count). The number of aliphatic hydroxyl groups excluding tert-OH is 1. The maximum Gasteiger partial charge on any atom is 0.0682 e. The van der Waals surface area contributed by atoms with Crippen molar-refractivity contribution in [1.29, 1.82) is 0 Å². The van der Waals surface area contributed by atoms with E-state index < -0.39 is 6.58 Å². The first-order chi connectivity index (χ1) is 6.27. The van der Waals surface area contributed by atoms with Gasteiger partial charge in [0.25, 0.3) is 0 Å². The maximum absolute atomic E-state index is 9.05. The molecule has 0 amide bonds. The van der Waals surface area contributed by atoms with E-state index in [2.05, 4.69) is 0 Å². The predicted molar refractivity (Wildman–Crippen MR) is 49.9 cm³/mol. The Labute approximate surface area is 72.7 Å². The number of aliphatic hydroxyl groups is 1. The summed E-state index contributed by atoms with van der Waals surface area (Å²) >= 11 is 0. The molecule has 0 saturated heterocycles. The molecule has 0 heterocycles. The summed E-state index contributed by atoms with van der Waals surface area (Å²) in [5, 5.41) is 11.2. The molecule has 0 saturated carbocycles. The van der Waals surface area contributed by atoms with Gasteiger partial charge in [0.05, 0.1) is 7.95 Å². The fourth-order valence-electron chi connectivity index (χ4n) is 1.29. The molecule has 1 heteroatoms. The van der Waals surface area contributed by atoms with Crippen LogP contribution in [0.15, 0.2) is 42.5 Å². The van der Waals surface area contributed by atoms with Crippen LogP contribution in [0.2, 0.25) is 0 Å². The van der Waals surface area contributed by atoms with Gasteiger partial charge in [0, 0.05) is 0 Å². The molecule has 12 heavy (non-hydrogen) atoms. The van der Waals surface area contributed by atoms with Crippen molar-refractivity contribution in [1.82, 2.24) is 0 Å². The first-order valence-corrected chi connectivity index (χ1v) is 3.86. The molecular formula is C11H10O. The highest BCUT2D eigenvalue weighted by atomic mass is 16.3. The van der Waals surface area contributed by atoms with E-state index in [1.807, 2.05) is 36.4 Å². The molecule has 1 atom stereocenters. The largest absolute Gasteiger partial charge is 0.392 e. The van der Waals surface area contributed by atoms with E-state index in [1.54, 1.807) is 6.07 Å². The zero-order valence-corrected chi connectivity index (χ0v) is 6.57. The van der Waals surface area contributed by atoms with Gasteiger partial charge < -0.3 is 5.11 Å². The van der Waals surface area contributed by atoms with E-state index in [-0.39, 0.29) is 0 Å². The number of rotatable bonds is 1. The molecule has 1 nitrogen and oxygen atoms in total. The summed E-state index contributed by atoms with van der Waals surface area (Å²) in [5.74, 6) is 0. The smallest absolute Gasteiger partial charge is 0.0682 e. The van der Waals surface area contributed by atoms with Crippen LogP contribution in [-0.4, -0.2) is 5.11 Å². The van der Waals surface area contributed by atoms with Gasteiger partial charge >= 0.3 is 0 Å². The lowest BCUT2D eigenvalue weighted by atomic mass is 10.1. The normalized spacial score (nSPS) is 14.2. The molecule has 0 spiro atoms. The van der Waals surface area contributed by atoms with Crippen molar-refractivity contribution < 1.29 is 6.48 Å². The minimum atomic E-state index is -1.13. The van der Waals surface area contributed by atoms with E-state index in [0.717, 1.165) is 10.8 Å². The van der Waals surface area contributed by atoms with Crippen LogP contribution in [0.1, 0.15) is 6.93 Å². The highest BCUT2D eigenvalue weighted by Crippen LogP contribution is 2.15. The highest BCUT2D eigenvalue weighted by Gasteiger charge is 1.92. The monoisotopic (exact) mass is 159 g/mol. The summed E-state index contributed by atoms with van der Waals surface area (Å²) in [5.41, 5.74) is 0.638. The van der Waals surface area contributed by atoms with Gasteiger partial charge in [0.1, 0.15) is 0 Å². The Morgan fingerprint density at radius 2 is 1.83 bits per heavy atom. The summed E-state index contributed by atoms with van der Waals surface area (Å²) in [4.78, 5) is 0. The van der Waals surface area contributed by atoms with Gasteiger partial charge in [-0.25, -0.2) is 0 Å². The molecule has 0 unspecified atom stereocenters. The van der Waals surface area contributed by atoms with Crippen molar-refractivity contribution >= 4 is 10.8 Å². The van der Waals surface area contributed by atoms with Crippen LogP contribution >= 0.6 is 0 Å². The van der Waals surface area contributed by atoms with Crippen molar-refractivity contribution in [3.05, 3.63) is 48.0 Å². The van der Waals surface area contributed by atoms with Gasteiger partial charge in [-0.05, 0) is 22.4 Å². The SMILES string of the molecule is [2H][C@@H](O)c1ccc2ccccc2c1. The maximum atomic E-state index is 9.05. The van der Waals surface area contributed by atoms with Crippen LogP contribution in [0, 0.1) is 0 Å². The molecule has 60 valence electrons. The average molecular weight is 159 g/mol. The lowest BCUT2D eigenvalue weighted by Crippen LogP contribution is -1.81. The molecule has 2 aromatic carbocycles. The van der Waals surface area contributed by atoms with Gasteiger partial charge in [0.2, 0.25) is 0 Å². The Morgan fingerprint density at radius 1 is 1.08 bits per heavy atom. The summed E-state index contributed by atoms with van der Waals surface area (Å²) in [6.07, 6.45) is 0. The second kappa shape index (κ2) is 2.95. The van der Waals surface area contributed by atoms with Crippen LogP contribution in [0.25, 0.3) is 10.8 Å². The van der Waals surface area contributed by atoms with Crippen molar-refractivity contribution in [3.8, 4) is 0 Å². The van der Waals surface area contributed by atoms with Crippen LogP contribution in [0.3, 0.4) is 0 Å². The van der Waals surface area contributed by atoms with Gasteiger partial charge in [-0.3, -0.25) is 0 Å². The third-order valence-corrected chi connectivity index (χ3v) is 1.92. The van der Waals surface area contributed by atoms with Crippen LogP contribution in [0.5, 0.6) is 0 Å². The van der Waals surface area contributed by atoms with Crippen LogP contribution in [-0.2, 0) is 6.58 Å². The molecule has 0 radical (unpaired) electrons. The van der Waals surface area contributed by atoms with Gasteiger partial charge in [-0.15, -0.1) is 0 Å². The molecule has 0 aliphatic rings. The first-order valence-electron chi connectivity index (χ1n) is 4.44. The van der Waals surface area contributed by atoms with E-state index in [1.165, 1.54) is 0 Å². The Hall–Kier alpha value is -1.34. The van der Waals surface area contributed by atoms with Crippen molar-refractivity contribution in [3.63, 3.8) is 0 Å². The van der Waals surface area contributed by atoms with E-state index >= 15 is 0 Å². The Bertz CT molecular complexity index is 423. The molecule has 1 N–H and O–H groups in total.